The highest BCUT2D eigenvalue weighted by Crippen LogP contribution is 2.32. The first-order chi connectivity index (χ1) is 13.1. The van der Waals surface area contributed by atoms with Gasteiger partial charge in [-0.1, -0.05) is 12.1 Å². The highest BCUT2D eigenvalue weighted by Gasteiger charge is 2.11. The normalized spacial score (nSPS) is 13.4. The number of fused-ring (bicyclic) bond motifs is 1. The maximum Gasteiger partial charge on any atom is 0.387 e. The van der Waals surface area contributed by atoms with Crippen LogP contribution in [0.25, 0.3) is 0 Å². The molecule has 0 aliphatic carbocycles. The number of hydrogen-bond donors (Lipinski definition) is 2. The Morgan fingerprint density at radius 1 is 1.14 bits per heavy atom. The molecule has 0 bridgehead atoms. The number of hydrogen-bond acceptors (Lipinski definition) is 4. The number of nitrogens with zero attached hydrogens (tertiary/aromatic N) is 1. The fourth-order valence-corrected chi connectivity index (χ4v) is 2.57. The lowest BCUT2D eigenvalue weighted by molar-refractivity contribution is -0.0498. The van der Waals surface area contributed by atoms with Crippen molar-refractivity contribution in [3.63, 3.8) is 0 Å². The quantitative estimate of drug-likeness (QED) is 0.362. The number of ether oxygens (including phenoxy) is 3. The summed E-state index contributed by atoms with van der Waals surface area (Å²) in [7, 11) is 1.65. The van der Waals surface area contributed by atoms with Crippen LogP contribution in [0.1, 0.15) is 12.0 Å². The van der Waals surface area contributed by atoms with E-state index < -0.39 is 6.61 Å². The van der Waals surface area contributed by atoms with E-state index in [-0.39, 0.29) is 29.7 Å². The third-order valence-corrected chi connectivity index (χ3v) is 3.82. The fourth-order valence-electron chi connectivity index (χ4n) is 2.57. The van der Waals surface area contributed by atoms with Crippen molar-refractivity contribution >= 4 is 35.6 Å². The van der Waals surface area contributed by atoms with Crippen molar-refractivity contribution in [2.75, 3.05) is 25.6 Å². The molecule has 9 heteroatoms. The number of benzene rings is 2. The van der Waals surface area contributed by atoms with E-state index in [4.69, 9.17) is 9.47 Å². The minimum absolute atomic E-state index is 0. The van der Waals surface area contributed by atoms with Crippen molar-refractivity contribution in [2.24, 2.45) is 4.99 Å². The molecular formula is C19H22F2IN3O3. The lowest BCUT2D eigenvalue weighted by Crippen LogP contribution is -2.30. The molecule has 0 atom stereocenters. The Morgan fingerprint density at radius 2 is 1.93 bits per heavy atom. The summed E-state index contributed by atoms with van der Waals surface area (Å²) in [6, 6.07) is 12.1. The van der Waals surface area contributed by atoms with Crippen LogP contribution >= 0.6 is 24.0 Å². The third-order valence-electron chi connectivity index (χ3n) is 3.82. The monoisotopic (exact) mass is 505 g/mol. The minimum Gasteiger partial charge on any atom is -0.490 e. The molecule has 0 unspecified atom stereocenters. The Bertz CT molecular complexity index is 806. The first-order valence-corrected chi connectivity index (χ1v) is 8.55. The van der Waals surface area contributed by atoms with Gasteiger partial charge < -0.3 is 24.8 Å². The smallest absolute Gasteiger partial charge is 0.387 e. The maximum absolute atomic E-state index is 12.3. The summed E-state index contributed by atoms with van der Waals surface area (Å²) < 4.78 is 40.4. The van der Waals surface area contributed by atoms with Gasteiger partial charge in [-0.3, -0.25) is 4.99 Å². The molecule has 1 aliphatic heterocycles. The number of aliphatic imine (C=N–C) groups is 1. The Kier molecular flexibility index (Phi) is 8.55. The maximum atomic E-state index is 12.3. The van der Waals surface area contributed by atoms with E-state index in [0.717, 1.165) is 23.4 Å². The van der Waals surface area contributed by atoms with Gasteiger partial charge in [0, 0.05) is 31.8 Å². The summed E-state index contributed by atoms with van der Waals surface area (Å²) in [6.45, 7) is -1.20. The Hall–Kier alpha value is -2.30. The average Bonchev–Trinajstić information content (AvgIpc) is 2.90. The Morgan fingerprint density at radius 3 is 2.68 bits per heavy atom. The Labute approximate surface area is 179 Å². The summed E-state index contributed by atoms with van der Waals surface area (Å²) in [5, 5.41) is 6.30. The second-order valence-electron chi connectivity index (χ2n) is 5.79. The predicted octanol–water partition coefficient (Wildman–Crippen LogP) is 4.25. The number of rotatable bonds is 5. The van der Waals surface area contributed by atoms with Crippen LogP contribution in [0.2, 0.25) is 0 Å². The largest absolute Gasteiger partial charge is 0.490 e. The second kappa shape index (κ2) is 10.9. The molecule has 2 aromatic carbocycles. The average molecular weight is 505 g/mol. The molecule has 2 aromatic rings. The van der Waals surface area contributed by atoms with Crippen LogP contribution in [-0.2, 0) is 6.54 Å². The standard InChI is InChI=1S/C19H21F2N3O3.HI/c1-22-19(23-12-13-4-2-5-15(10-13)27-18(20)21)24-14-6-7-16-17(11-14)26-9-3-8-25-16;/h2,4-7,10-11,18H,3,8-9,12H2,1H3,(H2,22,23,24);1H. The molecule has 0 saturated carbocycles. The molecule has 1 heterocycles. The number of halogens is 3. The molecule has 0 radical (unpaired) electrons. The van der Waals surface area contributed by atoms with E-state index in [1.165, 1.54) is 6.07 Å². The van der Waals surface area contributed by atoms with Gasteiger partial charge in [-0.2, -0.15) is 8.78 Å². The number of nitrogens with one attached hydrogen (secondary N) is 2. The summed E-state index contributed by atoms with van der Waals surface area (Å²) in [6.07, 6.45) is 0.842. The van der Waals surface area contributed by atoms with Gasteiger partial charge in [0.15, 0.2) is 17.5 Å². The van der Waals surface area contributed by atoms with Gasteiger partial charge in [-0.15, -0.1) is 24.0 Å². The summed E-state index contributed by atoms with van der Waals surface area (Å²) in [4.78, 5) is 4.17. The topological polar surface area (TPSA) is 64.1 Å². The lowest BCUT2D eigenvalue weighted by Gasteiger charge is -2.14. The zero-order valence-electron chi connectivity index (χ0n) is 15.3. The third kappa shape index (κ3) is 6.39. The molecule has 0 spiro atoms. The van der Waals surface area contributed by atoms with Gasteiger partial charge in [0.05, 0.1) is 13.2 Å². The van der Waals surface area contributed by atoms with Crippen molar-refractivity contribution in [1.82, 2.24) is 5.32 Å². The van der Waals surface area contributed by atoms with Crippen molar-refractivity contribution in [3.05, 3.63) is 48.0 Å². The number of guanidine groups is 1. The van der Waals surface area contributed by atoms with Crippen LogP contribution in [0.15, 0.2) is 47.5 Å². The van der Waals surface area contributed by atoms with Crippen LogP contribution in [-0.4, -0.2) is 32.8 Å². The Balaban J connectivity index is 0.00000280. The van der Waals surface area contributed by atoms with E-state index in [9.17, 15) is 8.78 Å². The highest BCUT2D eigenvalue weighted by molar-refractivity contribution is 14.0. The van der Waals surface area contributed by atoms with Gasteiger partial charge in [0.2, 0.25) is 0 Å². The molecular weight excluding hydrogens is 483 g/mol. The molecule has 1 aliphatic rings. The SMILES string of the molecule is CN=C(NCc1cccc(OC(F)F)c1)Nc1ccc2c(c1)OCCCO2.I. The molecule has 0 fully saturated rings. The van der Waals surface area contributed by atoms with E-state index >= 15 is 0 Å². The minimum atomic E-state index is -2.85. The van der Waals surface area contributed by atoms with Gasteiger partial charge in [0.1, 0.15) is 5.75 Å². The van der Waals surface area contributed by atoms with Gasteiger partial charge in [-0.25, -0.2) is 0 Å². The zero-order chi connectivity index (χ0) is 19.1. The van der Waals surface area contributed by atoms with E-state index in [0.29, 0.717) is 31.5 Å². The van der Waals surface area contributed by atoms with Gasteiger partial charge >= 0.3 is 6.61 Å². The number of alkyl halides is 2. The first-order valence-electron chi connectivity index (χ1n) is 8.55. The van der Waals surface area contributed by atoms with Crippen molar-refractivity contribution in [2.45, 2.75) is 19.6 Å². The van der Waals surface area contributed by atoms with Crippen molar-refractivity contribution in [3.8, 4) is 17.2 Å². The summed E-state index contributed by atoms with van der Waals surface area (Å²) in [5.41, 5.74) is 1.58. The number of anilines is 1. The molecule has 2 N–H and O–H groups in total. The second-order valence-corrected chi connectivity index (χ2v) is 5.79. The van der Waals surface area contributed by atoms with E-state index in [2.05, 4.69) is 20.4 Å². The summed E-state index contributed by atoms with van der Waals surface area (Å²) in [5.74, 6) is 2.06. The van der Waals surface area contributed by atoms with Crippen LogP contribution in [0.3, 0.4) is 0 Å². The molecule has 152 valence electrons. The molecule has 6 nitrogen and oxygen atoms in total. The van der Waals surface area contributed by atoms with Crippen LogP contribution < -0.4 is 24.8 Å². The van der Waals surface area contributed by atoms with Crippen molar-refractivity contribution < 1.29 is 23.0 Å². The molecule has 28 heavy (non-hydrogen) atoms. The van der Waals surface area contributed by atoms with E-state index in [1.807, 2.05) is 24.3 Å². The molecule has 0 saturated heterocycles. The fraction of sp³-hybridized carbons (Fsp3) is 0.316. The van der Waals surface area contributed by atoms with Gasteiger partial charge in [0.25, 0.3) is 0 Å². The molecule has 0 aromatic heterocycles. The highest BCUT2D eigenvalue weighted by atomic mass is 127. The van der Waals surface area contributed by atoms with E-state index in [1.54, 1.807) is 19.2 Å². The first kappa shape index (κ1) is 22.0. The lowest BCUT2D eigenvalue weighted by atomic mass is 10.2. The molecule has 3 rings (SSSR count). The van der Waals surface area contributed by atoms with Crippen LogP contribution in [0.4, 0.5) is 14.5 Å². The predicted molar refractivity (Wildman–Crippen MR) is 114 cm³/mol. The van der Waals surface area contributed by atoms with Gasteiger partial charge in [-0.05, 0) is 29.8 Å². The zero-order valence-corrected chi connectivity index (χ0v) is 17.6. The van der Waals surface area contributed by atoms with Crippen LogP contribution in [0.5, 0.6) is 17.2 Å². The van der Waals surface area contributed by atoms with Crippen molar-refractivity contribution in [1.29, 1.82) is 0 Å². The van der Waals surface area contributed by atoms with Crippen LogP contribution in [0, 0.1) is 0 Å². The molecule has 0 amide bonds. The summed E-state index contributed by atoms with van der Waals surface area (Å²) >= 11 is 0.